The Bertz CT molecular complexity index is 929. The highest BCUT2D eigenvalue weighted by atomic mass is 32.1. The van der Waals surface area contributed by atoms with Crippen molar-refractivity contribution in [2.75, 3.05) is 13.1 Å². The fraction of sp³-hybridized carbons (Fsp3) is 0.389. The number of hydrogen-bond acceptors (Lipinski definition) is 7. The molecule has 0 N–H and O–H groups in total. The molecule has 0 atom stereocenters. The summed E-state index contributed by atoms with van der Waals surface area (Å²) in [6.07, 6.45) is 1.64. The van der Waals surface area contributed by atoms with Crippen molar-refractivity contribution in [1.82, 2.24) is 23.6 Å². The molecule has 134 valence electrons. The minimum absolute atomic E-state index is 0.0343. The SMILES string of the molecule is Cc1cc(OC2CCN(C(=O)c3ccc4nsnc4c3)CC2)nc(C)n1. The number of aromatic nitrogens is 4. The van der Waals surface area contributed by atoms with Crippen LogP contribution in [-0.2, 0) is 0 Å². The highest BCUT2D eigenvalue weighted by Gasteiger charge is 2.25. The molecule has 1 fully saturated rings. The van der Waals surface area contributed by atoms with Gasteiger partial charge in [0.2, 0.25) is 5.88 Å². The van der Waals surface area contributed by atoms with Crippen molar-refractivity contribution in [1.29, 1.82) is 0 Å². The first kappa shape index (κ1) is 16.8. The lowest BCUT2D eigenvalue weighted by atomic mass is 10.1. The second-order valence-electron chi connectivity index (χ2n) is 6.47. The number of hydrogen-bond donors (Lipinski definition) is 0. The third kappa shape index (κ3) is 3.50. The van der Waals surface area contributed by atoms with E-state index in [1.54, 1.807) is 0 Å². The van der Waals surface area contributed by atoms with Gasteiger partial charge >= 0.3 is 0 Å². The van der Waals surface area contributed by atoms with Crippen LogP contribution in [-0.4, -0.2) is 48.7 Å². The number of nitrogens with zero attached hydrogens (tertiary/aromatic N) is 5. The Labute approximate surface area is 155 Å². The first-order valence-electron chi connectivity index (χ1n) is 8.59. The van der Waals surface area contributed by atoms with Gasteiger partial charge in [0, 0.05) is 43.3 Å². The lowest BCUT2D eigenvalue weighted by Gasteiger charge is -2.32. The van der Waals surface area contributed by atoms with Gasteiger partial charge in [0.1, 0.15) is 23.0 Å². The van der Waals surface area contributed by atoms with Crippen molar-refractivity contribution in [3.8, 4) is 5.88 Å². The smallest absolute Gasteiger partial charge is 0.253 e. The van der Waals surface area contributed by atoms with Crippen LogP contribution in [0, 0.1) is 13.8 Å². The maximum Gasteiger partial charge on any atom is 0.253 e. The Balaban J connectivity index is 1.38. The third-order valence-electron chi connectivity index (χ3n) is 4.46. The minimum atomic E-state index is 0.0343. The lowest BCUT2D eigenvalue weighted by molar-refractivity contribution is 0.0587. The highest BCUT2D eigenvalue weighted by Crippen LogP contribution is 2.21. The molecule has 7 nitrogen and oxygen atoms in total. The number of carbonyl (C=O) groups is 1. The Morgan fingerprint density at radius 2 is 1.88 bits per heavy atom. The van der Waals surface area contributed by atoms with Gasteiger partial charge in [-0.05, 0) is 32.0 Å². The van der Waals surface area contributed by atoms with E-state index >= 15 is 0 Å². The van der Waals surface area contributed by atoms with E-state index in [9.17, 15) is 4.79 Å². The van der Waals surface area contributed by atoms with Gasteiger partial charge in [0.05, 0.1) is 11.7 Å². The molecule has 1 aliphatic heterocycles. The van der Waals surface area contributed by atoms with Gasteiger partial charge in [-0.1, -0.05) is 0 Å². The van der Waals surface area contributed by atoms with Crippen LogP contribution < -0.4 is 4.74 Å². The zero-order chi connectivity index (χ0) is 18.1. The predicted molar refractivity (Wildman–Crippen MR) is 98.5 cm³/mol. The number of aryl methyl sites for hydroxylation is 2. The van der Waals surface area contributed by atoms with Gasteiger partial charge in [0.15, 0.2) is 0 Å². The van der Waals surface area contributed by atoms with Gasteiger partial charge in [-0.15, -0.1) is 0 Å². The summed E-state index contributed by atoms with van der Waals surface area (Å²) in [6.45, 7) is 5.12. The molecule has 3 heterocycles. The number of carbonyl (C=O) groups excluding carboxylic acids is 1. The predicted octanol–water partition coefficient (Wildman–Crippen LogP) is 2.78. The molecule has 0 radical (unpaired) electrons. The van der Waals surface area contributed by atoms with E-state index in [4.69, 9.17) is 4.74 Å². The molecule has 0 bridgehead atoms. The van der Waals surface area contributed by atoms with Crippen LogP contribution in [0.2, 0.25) is 0 Å². The van der Waals surface area contributed by atoms with Crippen molar-refractivity contribution in [2.24, 2.45) is 0 Å². The molecule has 2 aromatic heterocycles. The van der Waals surface area contributed by atoms with E-state index in [1.807, 2.05) is 43.0 Å². The van der Waals surface area contributed by atoms with Gasteiger partial charge in [-0.25, -0.2) is 4.98 Å². The molecule has 0 unspecified atom stereocenters. The lowest BCUT2D eigenvalue weighted by Crippen LogP contribution is -2.41. The molecule has 1 aliphatic rings. The highest BCUT2D eigenvalue weighted by molar-refractivity contribution is 7.00. The maximum absolute atomic E-state index is 12.7. The minimum Gasteiger partial charge on any atom is -0.474 e. The van der Waals surface area contributed by atoms with Crippen LogP contribution in [0.15, 0.2) is 24.3 Å². The topological polar surface area (TPSA) is 81.1 Å². The zero-order valence-corrected chi connectivity index (χ0v) is 15.5. The number of ether oxygens (including phenoxy) is 1. The van der Waals surface area contributed by atoms with Crippen LogP contribution in [0.25, 0.3) is 11.0 Å². The van der Waals surface area contributed by atoms with E-state index in [0.717, 1.165) is 41.3 Å². The van der Waals surface area contributed by atoms with Crippen LogP contribution >= 0.6 is 11.7 Å². The van der Waals surface area contributed by atoms with E-state index in [2.05, 4.69) is 18.7 Å². The summed E-state index contributed by atoms with van der Waals surface area (Å²) >= 11 is 1.16. The van der Waals surface area contributed by atoms with Crippen molar-refractivity contribution < 1.29 is 9.53 Å². The average Bonchev–Trinajstić information content (AvgIpc) is 3.08. The van der Waals surface area contributed by atoms with Gasteiger partial charge in [0.25, 0.3) is 5.91 Å². The molecule has 0 spiro atoms. The molecule has 1 saturated heterocycles. The molecule has 4 rings (SSSR count). The molecule has 26 heavy (non-hydrogen) atoms. The Hall–Kier alpha value is -2.61. The van der Waals surface area contributed by atoms with Crippen LogP contribution in [0.5, 0.6) is 5.88 Å². The molecule has 1 aromatic carbocycles. The molecular weight excluding hydrogens is 350 g/mol. The number of rotatable bonds is 3. The molecular formula is C18H19N5O2S. The number of fused-ring (bicyclic) bond motifs is 1. The van der Waals surface area contributed by atoms with Gasteiger partial charge in [-0.2, -0.15) is 13.7 Å². The first-order valence-corrected chi connectivity index (χ1v) is 9.32. The van der Waals surface area contributed by atoms with E-state index < -0.39 is 0 Å². The molecule has 1 amide bonds. The summed E-state index contributed by atoms with van der Waals surface area (Å²) in [6, 6.07) is 7.33. The average molecular weight is 369 g/mol. The van der Waals surface area contributed by atoms with Gasteiger partial charge in [-0.3, -0.25) is 4.79 Å². The fourth-order valence-corrected chi connectivity index (χ4v) is 3.71. The maximum atomic E-state index is 12.7. The summed E-state index contributed by atoms with van der Waals surface area (Å²) in [5, 5.41) is 0. The number of likely N-dealkylation sites (tertiary alicyclic amines) is 1. The van der Waals surface area contributed by atoms with E-state index in [0.29, 0.717) is 30.4 Å². The third-order valence-corrected chi connectivity index (χ3v) is 5.02. The van der Waals surface area contributed by atoms with Crippen LogP contribution in [0.1, 0.15) is 34.7 Å². The zero-order valence-electron chi connectivity index (χ0n) is 14.7. The first-order chi connectivity index (χ1) is 12.6. The summed E-state index contributed by atoms with van der Waals surface area (Å²) < 4.78 is 14.4. The van der Waals surface area contributed by atoms with Crippen LogP contribution in [0.3, 0.4) is 0 Å². The second-order valence-corrected chi connectivity index (χ2v) is 7.00. The van der Waals surface area contributed by atoms with Gasteiger partial charge < -0.3 is 9.64 Å². The quantitative estimate of drug-likeness (QED) is 0.706. The number of piperidine rings is 1. The number of amides is 1. The molecule has 8 heteroatoms. The summed E-state index contributed by atoms with van der Waals surface area (Å²) in [5.41, 5.74) is 3.15. The molecule has 3 aromatic rings. The van der Waals surface area contributed by atoms with Crippen LogP contribution in [0.4, 0.5) is 0 Å². The normalized spacial score (nSPS) is 15.4. The Kier molecular flexibility index (Phi) is 4.50. The number of benzene rings is 1. The van der Waals surface area contributed by atoms with Crippen molar-refractivity contribution in [3.63, 3.8) is 0 Å². The monoisotopic (exact) mass is 369 g/mol. The Morgan fingerprint density at radius 3 is 2.65 bits per heavy atom. The standard InChI is InChI=1S/C18H19N5O2S/c1-11-9-17(20-12(2)19-11)25-14-5-7-23(8-6-14)18(24)13-3-4-15-16(10-13)22-26-21-15/h3-4,9-10,14H,5-8H2,1-2H3. The summed E-state index contributed by atoms with van der Waals surface area (Å²) in [4.78, 5) is 23.2. The summed E-state index contributed by atoms with van der Waals surface area (Å²) in [7, 11) is 0. The molecule has 0 aliphatic carbocycles. The fourth-order valence-electron chi connectivity index (χ4n) is 3.19. The van der Waals surface area contributed by atoms with Crippen molar-refractivity contribution >= 4 is 28.7 Å². The van der Waals surface area contributed by atoms with E-state index in [1.165, 1.54) is 0 Å². The van der Waals surface area contributed by atoms with Crippen molar-refractivity contribution in [2.45, 2.75) is 32.8 Å². The van der Waals surface area contributed by atoms with E-state index in [-0.39, 0.29) is 12.0 Å². The van der Waals surface area contributed by atoms with Crippen molar-refractivity contribution in [3.05, 3.63) is 41.3 Å². The second kappa shape index (κ2) is 6.95. The largest absolute Gasteiger partial charge is 0.474 e. The Morgan fingerprint density at radius 1 is 1.12 bits per heavy atom. The molecule has 0 saturated carbocycles. The summed E-state index contributed by atoms with van der Waals surface area (Å²) in [5.74, 6) is 1.35.